The highest BCUT2D eigenvalue weighted by Crippen LogP contribution is 2.38. The number of fused-ring (bicyclic) bond motifs is 1. The van der Waals surface area contributed by atoms with Gasteiger partial charge in [-0.25, -0.2) is 4.98 Å². The number of halogens is 1. The van der Waals surface area contributed by atoms with Gasteiger partial charge in [0.25, 0.3) is 5.89 Å². The number of carbonyl (C=O) groups excluding carboxylic acids is 1. The molecule has 6 nitrogen and oxygen atoms in total. The van der Waals surface area contributed by atoms with Crippen molar-refractivity contribution in [2.24, 2.45) is 0 Å². The molecule has 0 amide bonds. The Bertz CT molecular complexity index is 1060. The van der Waals surface area contributed by atoms with E-state index in [0.29, 0.717) is 40.5 Å². The zero-order valence-electron chi connectivity index (χ0n) is 16.6. The smallest absolute Gasteiger partial charge is 0.259 e. The fourth-order valence-corrected chi connectivity index (χ4v) is 3.97. The summed E-state index contributed by atoms with van der Waals surface area (Å²) in [7, 11) is 0. The number of carbonyl (C=O) groups is 1. The van der Waals surface area contributed by atoms with E-state index in [-0.39, 0.29) is 6.10 Å². The number of hydrogen-bond acceptors (Lipinski definition) is 6. The number of ether oxygens (including phenoxy) is 1. The maximum Gasteiger partial charge on any atom is 0.259 e. The van der Waals surface area contributed by atoms with Crippen molar-refractivity contribution in [3.05, 3.63) is 46.1 Å². The van der Waals surface area contributed by atoms with E-state index < -0.39 is 0 Å². The fourth-order valence-electron chi connectivity index (χ4n) is 3.76. The lowest BCUT2D eigenvalue weighted by Gasteiger charge is -2.10. The van der Waals surface area contributed by atoms with Crippen LogP contribution in [-0.4, -0.2) is 27.5 Å². The first-order valence-corrected chi connectivity index (χ1v) is 10.1. The Morgan fingerprint density at radius 2 is 2.17 bits per heavy atom. The summed E-state index contributed by atoms with van der Waals surface area (Å²) in [5.74, 6) is 1.57. The molecule has 0 bridgehead atoms. The van der Waals surface area contributed by atoms with Crippen LogP contribution < -0.4 is 4.74 Å². The molecule has 0 fully saturated rings. The number of benzene rings is 1. The minimum absolute atomic E-state index is 0.0187. The second kappa shape index (κ2) is 7.95. The highest BCUT2D eigenvalue weighted by molar-refractivity contribution is 6.32. The van der Waals surface area contributed by atoms with Crippen LogP contribution in [0.2, 0.25) is 5.02 Å². The van der Waals surface area contributed by atoms with Gasteiger partial charge in [0.05, 0.1) is 11.7 Å². The van der Waals surface area contributed by atoms with Gasteiger partial charge >= 0.3 is 0 Å². The van der Waals surface area contributed by atoms with Crippen molar-refractivity contribution in [2.75, 3.05) is 0 Å². The Balaban J connectivity index is 1.63. The average Bonchev–Trinajstić information content (AvgIpc) is 3.30. The van der Waals surface area contributed by atoms with Gasteiger partial charge in [-0.3, -0.25) is 0 Å². The number of hydrogen-bond donors (Lipinski definition) is 0. The molecule has 7 heteroatoms. The second-order valence-electron chi connectivity index (χ2n) is 7.60. The highest BCUT2D eigenvalue weighted by atomic mass is 35.5. The molecule has 0 radical (unpaired) electrons. The van der Waals surface area contributed by atoms with Crippen LogP contribution in [0.1, 0.15) is 49.3 Å². The first-order chi connectivity index (χ1) is 14.0. The summed E-state index contributed by atoms with van der Waals surface area (Å²) in [6.45, 7) is 5.85. The lowest BCUT2D eigenvalue weighted by Crippen LogP contribution is -2.07. The molecule has 2 heterocycles. The van der Waals surface area contributed by atoms with Crippen molar-refractivity contribution in [2.45, 2.75) is 52.1 Å². The van der Waals surface area contributed by atoms with Crippen LogP contribution in [0.25, 0.3) is 22.8 Å². The topological polar surface area (TPSA) is 78.1 Å². The summed E-state index contributed by atoms with van der Waals surface area (Å²) >= 11 is 6.27. The Labute approximate surface area is 174 Å². The van der Waals surface area contributed by atoms with Crippen molar-refractivity contribution < 1.29 is 14.1 Å². The monoisotopic (exact) mass is 411 g/mol. The third-order valence-corrected chi connectivity index (χ3v) is 5.41. The second-order valence-corrected chi connectivity index (χ2v) is 8.01. The average molecular weight is 412 g/mol. The number of nitrogens with zero attached hydrogens (tertiary/aromatic N) is 3. The minimum Gasteiger partial charge on any atom is -0.474 e. The summed E-state index contributed by atoms with van der Waals surface area (Å²) in [6.07, 6.45) is 5.13. The lowest BCUT2D eigenvalue weighted by atomic mass is 9.94. The van der Waals surface area contributed by atoms with E-state index >= 15 is 0 Å². The van der Waals surface area contributed by atoms with Gasteiger partial charge in [-0.1, -0.05) is 22.8 Å². The summed E-state index contributed by atoms with van der Waals surface area (Å²) in [5.41, 5.74) is 5.15. The van der Waals surface area contributed by atoms with Gasteiger partial charge in [-0.05, 0) is 68.4 Å². The van der Waals surface area contributed by atoms with Crippen molar-refractivity contribution in [1.82, 2.24) is 15.1 Å². The van der Waals surface area contributed by atoms with E-state index in [9.17, 15) is 4.79 Å². The predicted molar refractivity (Wildman–Crippen MR) is 110 cm³/mol. The van der Waals surface area contributed by atoms with Crippen molar-refractivity contribution in [3.63, 3.8) is 0 Å². The molecule has 29 heavy (non-hydrogen) atoms. The molecule has 1 unspecified atom stereocenters. The Hall–Kier alpha value is -2.73. The number of rotatable bonds is 6. The first kappa shape index (κ1) is 19.6. The minimum atomic E-state index is -0.0187. The molecular weight excluding hydrogens is 390 g/mol. The maximum atomic E-state index is 10.9. The van der Waals surface area contributed by atoms with Crippen molar-refractivity contribution in [1.29, 1.82) is 0 Å². The molecule has 0 saturated carbocycles. The van der Waals surface area contributed by atoms with Crippen LogP contribution >= 0.6 is 11.6 Å². The number of pyridine rings is 1. The molecule has 0 N–H and O–H groups in total. The Morgan fingerprint density at radius 3 is 2.90 bits per heavy atom. The van der Waals surface area contributed by atoms with Crippen molar-refractivity contribution >= 4 is 17.9 Å². The molecule has 1 aliphatic rings. The molecule has 150 valence electrons. The summed E-state index contributed by atoms with van der Waals surface area (Å²) in [4.78, 5) is 19.7. The van der Waals surface area contributed by atoms with E-state index in [4.69, 9.17) is 20.9 Å². The van der Waals surface area contributed by atoms with E-state index in [2.05, 4.69) is 27.3 Å². The SMILES string of the molecule is Cc1cc2c(cc1-c1noc(-c3cnc(OC(C)C)c(Cl)c3)n1)CCC2CC=O. The molecule has 2 aromatic heterocycles. The zero-order valence-corrected chi connectivity index (χ0v) is 17.4. The molecule has 4 rings (SSSR count). The van der Waals surface area contributed by atoms with Gasteiger partial charge in [0.15, 0.2) is 0 Å². The largest absolute Gasteiger partial charge is 0.474 e. The van der Waals surface area contributed by atoms with Crippen LogP contribution in [0, 0.1) is 6.92 Å². The van der Waals surface area contributed by atoms with Gasteiger partial charge in [-0.2, -0.15) is 4.98 Å². The quantitative estimate of drug-likeness (QED) is 0.521. The van der Waals surface area contributed by atoms with Crippen LogP contribution in [-0.2, 0) is 11.2 Å². The van der Waals surface area contributed by atoms with Gasteiger partial charge in [0, 0.05) is 18.2 Å². The fraction of sp³-hybridized carbons (Fsp3) is 0.364. The van der Waals surface area contributed by atoms with Crippen LogP contribution in [0.15, 0.2) is 28.9 Å². The Kier molecular flexibility index (Phi) is 5.37. The zero-order chi connectivity index (χ0) is 20.5. The van der Waals surface area contributed by atoms with Gasteiger partial charge < -0.3 is 14.1 Å². The maximum absolute atomic E-state index is 10.9. The van der Waals surface area contributed by atoms with E-state index in [1.54, 1.807) is 12.3 Å². The summed E-state index contributed by atoms with van der Waals surface area (Å²) < 4.78 is 11.0. The number of aromatic nitrogens is 3. The third kappa shape index (κ3) is 3.90. The first-order valence-electron chi connectivity index (χ1n) is 9.70. The summed E-state index contributed by atoms with van der Waals surface area (Å²) in [5, 5.41) is 4.55. The highest BCUT2D eigenvalue weighted by Gasteiger charge is 2.24. The Morgan fingerprint density at radius 1 is 1.34 bits per heavy atom. The van der Waals surface area contributed by atoms with Crippen LogP contribution in [0.3, 0.4) is 0 Å². The summed E-state index contributed by atoms with van der Waals surface area (Å²) in [6, 6.07) is 5.98. The van der Waals surface area contributed by atoms with Crippen LogP contribution in [0.5, 0.6) is 5.88 Å². The van der Waals surface area contributed by atoms with Crippen molar-refractivity contribution in [3.8, 4) is 28.7 Å². The molecule has 0 spiro atoms. The number of aryl methyl sites for hydroxylation is 2. The van der Waals surface area contributed by atoms with E-state index in [1.807, 2.05) is 20.8 Å². The molecule has 3 aromatic rings. The molecular formula is C22H22ClN3O3. The van der Waals surface area contributed by atoms with Gasteiger partial charge in [0.2, 0.25) is 11.7 Å². The van der Waals surface area contributed by atoms with E-state index in [1.165, 1.54) is 11.1 Å². The molecule has 0 aliphatic heterocycles. The van der Waals surface area contributed by atoms with E-state index in [0.717, 1.165) is 30.3 Å². The predicted octanol–water partition coefficient (Wildman–Crippen LogP) is 5.17. The number of aldehydes is 1. The molecule has 1 aliphatic carbocycles. The third-order valence-electron chi connectivity index (χ3n) is 5.14. The van der Waals surface area contributed by atoms with Crippen LogP contribution in [0.4, 0.5) is 0 Å². The van der Waals surface area contributed by atoms with Gasteiger partial charge in [0.1, 0.15) is 11.3 Å². The molecule has 1 aromatic carbocycles. The standard InChI is InChI=1S/C22H22ClN3O3/c1-12(2)28-22-19(23)10-16(11-24-22)21-25-20(26-29-21)17-9-15-5-4-14(6-7-27)18(15)8-13(17)3/h7-12,14H,4-6H2,1-3H3. The molecule has 0 saturated heterocycles. The van der Waals surface area contributed by atoms with Gasteiger partial charge in [-0.15, -0.1) is 0 Å². The molecule has 1 atom stereocenters. The lowest BCUT2D eigenvalue weighted by molar-refractivity contribution is -0.108. The normalized spacial score (nSPS) is 15.6.